The third-order valence-corrected chi connectivity index (χ3v) is 14.4. The fourth-order valence-corrected chi connectivity index (χ4v) is 10.7. The number of nitriles is 1. The van der Waals surface area contributed by atoms with Crippen LogP contribution in [0.3, 0.4) is 0 Å². The Balaban J connectivity index is 0.884. The molecule has 3 atom stereocenters. The molecule has 1 aromatic heterocycles. The number of aliphatic hydroxyl groups is 1. The number of unbranched alkanes of at least 4 members (excludes halogenated alkanes) is 3. The molecule has 4 N–H and O–H groups in total. The number of aryl methyl sites for hydroxylation is 2. The summed E-state index contributed by atoms with van der Waals surface area (Å²) in [5, 5.41) is 29.4. The van der Waals surface area contributed by atoms with Gasteiger partial charge in [-0.05, 0) is 91.9 Å². The van der Waals surface area contributed by atoms with E-state index in [-0.39, 0.29) is 34.2 Å². The number of alkyl halides is 3. The Kier molecular flexibility index (Phi) is 13.0. The number of rotatable bonds is 16. The lowest BCUT2D eigenvalue weighted by Gasteiger charge is -2.37. The summed E-state index contributed by atoms with van der Waals surface area (Å²) in [6.45, 7) is 0.789. The number of anilines is 3. The molecule has 5 aromatic rings. The molecule has 15 nitrogen and oxygen atoms in total. The zero-order valence-electron chi connectivity index (χ0n) is 34.9. The number of aliphatic imine (C=N–C) groups is 1. The molecule has 0 spiro atoms. The number of Topliss-reactive ketones (excluding diaryl/α,β-unsaturated/α-hetero) is 1. The molecule has 2 unspecified atom stereocenters. The molecular weight excluding hydrogens is 893 g/mol. The van der Waals surface area contributed by atoms with Crippen LogP contribution in [0.5, 0.6) is 0 Å². The fraction of sp³-hybridized carbons (Fsp3) is 0.318. The van der Waals surface area contributed by atoms with Crippen LogP contribution in [0.1, 0.15) is 88.6 Å². The smallest absolute Gasteiger partial charge is 0.379 e. The third-order valence-electron chi connectivity index (χ3n) is 11.1. The molecule has 0 fully saturated rings. The number of amides is 1. The van der Waals surface area contributed by atoms with Crippen molar-refractivity contribution < 1.29 is 49.1 Å². The zero-order chi connectivity index (χ0) is 46.9. The lowest BCUT2D eigenvalue weighted by molar-refractivity contribution is -0.137. The summed E-state index contributed by atoms with van der Waals surface area (Å²) in [4.78, 5) is 34.4. The van der Waals surface area contributed by atoms with E-state index in [0.717, 1.165) is 30.2 Å². The van der Waals surface area contributed by atoms with Gasteiger partial charge in [0.1, 0.15) is 24.5 Å². The topological polar surface area (TPSA) is 226 Å². The third kappa shape index (κ3) is 10.4. The normalized spacial score (nSPS) is 17.0. The number of sulfonamides is 1. The molecule has 0 saturated carbocycles. The van der Waals surface area contributed by atoms with Crippen molar-refractivity contribution in [3.8, 4) is 6.07 Å². The van der Waals surface area contributed by atoms with E-state index in [2.05, 4.69) is 30.4 Å². The maximum Gasteiger partial charge on any atom is 0.417 e. The first-order chi connectivity index (χ1) is 30.7. The van der Waals surface area contributed by atoms with E-state index in [1.54, 1.807) is 48.1 Å². The summed E-state index contributed by atoms with van der Waals surface area (Å²) >= 11 is 0. The highest BCUT2D eigenvalue weighted by Crippen LogP contribution is 2.45. The number of nitrogens with one attached hydrogen (secondary N) is 3. The molecular formula is C44H42F4N8O7S2. The number of sulfone groups is 1. The number of aromatic nitrogens is 3. The van der Waals surface area contributed by atoms with Gasteiger partial charge in [-0.25, -0.2) is 26.2 Å². The van der Waals surface area contributed by atoms with Crippen molar-refractivity contribution in [1.29, 1.82) is 5.26 Å². The minimum atomic E-state index is -4.90. The highest BCUT2D eigenvalue weighted by molar-refractivity contribution is 7.92. The van der Waals surface area contributed by atoms with E-state index in [4.69, 9.17) is 5.26 Å². The maximum absolute atomic E-state index is 14.7. The van der Waals surface area contributed by atoms with Crippen molar-refractivity contribution in [1.82, 2.24) is 14.8 Å². The van der Waals surface area contributed by atoms with E-state index in [9.17, 15) is 49.1 Å². The van der Waals surface area contributed by atoms with Crippen LogP contribution in [0.15, 0.2) is 95.1 Å². The molecule has 2 aliphatic rings. The van der Waals surface area contributed by atoms with Gasteiger partial charge in [-0.3, -0.25) is 24.0 Å². The van der Waals surface area contributed by atoms with Gasteiger partial charge < -0.3 is 15.7 Å². The predicted molar refractivity (Wildman–Crippen MR) is 232 cm³/mol. The van der Waals surface area contributed by atoms with Gasteiger partial charge in [-0.15, -0.1) is 0 Å². The molecule has 7 rings (SSSR count). The van der Waals surface area contributed by atoms with Crippen LogP contribution in [-0.4, -0.2) is 77.8 Å². The molecule has 0 aliphatic carbocycles. The minimum absolute atomic E-state index is 0.132. The Bertz CT molecular complexity index is 2950. The van der Waals surface area contributed by atoms with E-state index in [1.165, 1.54) is 36.7 Å². The van der Waals surface area contributed by atoms with Gasteiger partial charge in [0.05, 0.1) is 51.3 Å². The van der Waals surface area contributed by atoms with Crippen LogP contribution in [-0.2, 0) is 44.3 Å². The second kappa shape index (κ2) is 18.2. The molecule has 0 saturated heterocycles. The van der Waals surface area contributed by atoms with Crippen LogP contribution < -0.4 is 15.4 Å². The van der Waals surface area contributed by atoms with Gasteiger partial charge in [0.2, 0.25) is 10.0 Å². The number of nitrogens with zero attached hydrogens (tertiary/aromatic N) is 5. The molecule has 3 heterocycles. The number of carbonyl (C=O) groups excluding carboxylic acids is 2. The highest BCUT2D eigenvalue weighted by Gasteiger charge is 2.42. The van der Waals surface area contributed by atoms with E-state index in [0.29, 0.717) is 66.6 Å². The van der Waals surface area contributed by atoms with Gasteiger partial charge >= 0.3 is 6.18 Å². The molecule has 2 aliphatic heterocycles. The zero-order valence-corrected chi connectivity index (χ0v) is 36.5. The second-order valence-corrected chi connectivity index (χ2v) is 19.9. The van der Waals surface area contributed by atoms with Crippen molar-refractivity contribution >= 4 is 54.3 Å². The average Bonchev–Trinajstić information content (AvgIpc) is 3.67. The first kappa shape index (κ1) is 46.5. The SMILES string of the molecule is Cn1ncnc1C1C2=NCC(=O)c3cc(F)cc(c32)N[C@@H]1c1ccc(NS(=O)(=O)CCCCCCc2ccc(S(=O)(=O)CC(C)(O)C(=O)Nc3ccc(C#N)c(C(F)(F)F)c3)cc2)cc1. The molecule has 340 valence electrons. The lowest BCUT2D eigenvalue weighted by Crippen LogP contribution is -2.45. The molecule has 1 amide bonds. The van der Waals surface area contributed by atoms with E-state index >= 15 is 0 Å². The first-order valence-corrected chi connectivity index (χ1v) is 23.6. The summed E-state index contributed by atoms with van der Waals surface area (Å²) in [6.07, 6.45) is -0.597. The first-order valence-electron chi connectivity index (χ1n) is 20.2. The number of halogens is 4. The molecule has 0 bridgehead atoms. The second-order valence-electron chi connectivity index (χ2n) is 16.1. The maximum atomic E-state index is 14.7. The van der Waals surface area contributed by atoms with E-state index in [1.807, 2.05) is 0 Å². The Morgan fingerprint density at radius 2 is 1.66 bits per heavy atom. The Morgan fingerprint density at radius 1 is 0.969 bits per heavy atom. The monoisotopic (exact) mass is 934 g/mol. The van der Waals surface area contributed by atoms with Crippen molar-refractivity contribution in [3.05, 3.63) is 130 Å². The lowest BCUT2D eigenvalue weighted by atomic mass is 9.78. The number of hydrogen-bond donors (Lipinski definition) is 4. The average molecular weight is 935 g/mol. The summed E-state index contributed by atoms with van der Waals surface area (Å²) in [7, 11) is -6.23. The number of ketones is 1. The standard InChI is InChI=1S/C44H42F4N8O7S2/c1-43(59,42(58)53-31-15-12-28(22-49)34(21-31)44(46,47)48)24-64(60,61)32-16-8-26(9-17-32)7-5-3-4-6-18-65(62,63)55-30-13-10-27(11-14-30)39-38(41-51-25-52-56(41)2)40-37-33(36(57)23-50-40)19-29(45)20-35(37)54-39/h8-17,19-21,25,38-39,54-55,59H,3-7,18,23-24H2,1-2H3,(H,53,58)/t38?,39-,43?/m1/s1. The summed E-state index contributed by atoms with van der Waals surface area (Å²) in [6, 6.07) is 18.4. The fourth-order valence-electron chi connectivity index (χ4n) is 7.90. The molecule has 0 radical (unpaired) electrons. The molecule has 65 heavy (non-hydrogen) atoms. The Labute approximate surface area is 371 Å². The molecule has 4 aromatic carbocycles. The van der Waals surface area contributed by atoms with Crippen LogP contribution in [0.4, 0.5) is 34.6 Å². The highest BCUT2D eigenvalue weighted by atomic mass is 32.2. The van der Waals surface area contributed by atoms with Gasteiger partial charge in [-0.1, -0.05) is 37.1 Å². The van der Waals surface area contributed by atoms with Crippen LogP contribution in [0.2, 0.25) is 0 Å². The van der Waals surface area contributed by atoms with Gasteiger partial charge in [0, 0.05) is 35.2 Å². The van der Waals surface area contributed by atoms with Gasteiger partial charge in [0.15, 0.2) is 21.2 Å². The summed E-state index contributed by atoms with van der Waals surface area (Å²) < 4.78 is 111. The number of hydrogen-bond acceptors (Lipinski definition) is 12. The van der Waals surface area contributed by atoms with Crippen molar-refractivity contribution in [2.45, 2.75) is 67.7 Å². The van der Waals surface area contributed by atoms with Crippen molar-refractivity contribution in [3.63, 3.8) is 0 Å². The van der Waals surface area contributed by atoms with Crippen LogP contribution in [0.25, 0.3) is 0 Å². The quantitative estimate of drug-likeness (QED) is 0.0618. The summed E-state index contributed by atoms with van der Waals surface area (Å²) in [5.74, 6) is -3.25. The van der Waals surface area contributed by atoms with Crippen LogP contribution >= 0.6 is 0 Å². The number of carbonyl (C=O) groups is 2. The number of benzene rings is 4. The summed E-state index contributed by atoms with van der Waals surface area (Å²) in [5.41, 5.74) is -1.26. The van der Waals surface area contributed by atoms with Crippen molar-refractivity contribution in [2.75, 3.05) is 33.4 Å². The van der Waals surface area contributed by atoms with Gasteiger partial charge in [0.25, 0.3) is 5.91 Å². The Morgan fingerprint density at radius 3 is 2.32 bits per heavy atom. The Hall–Kier alpha value is -6.50. The van der Waals surface area contributed by atoms with Gasteiger partial charge in [-0.2, -0.15) is 23.5 Å². The minimum Gasteiger partial charge on any atom is -0.379 e. The molecule has 21 heteroatoms. The van der Waals surface area contributed by atoms with Crippen molar-refractivity contribution in [2.24, 2.45) is 12.0 Å². The largest absolute Gasteiger partial charge is 0.417 e. The van der Waals surface area contributed by atoms with E-state index < -0.39 is 72.2 Å². The predicted octanol–water partition coefficient (Wildman–Crippen LogP) is 6.49. The van der Waals surface area contributed by atoms with Crippen LogP contribution in [0, 0.1) is 17.1 Å².